The van der Waals surface area contributed by atoms with Gasteiger partial charge in [-0.3, -0.25) is 0 Å². The molecule has 1 aliphatic rings. The lowest BCUT2D eigenvalue weighted by Gasteiger charge is -2.42. The van der Waals surface area contributed by atoms with Gasteiger partial charge in [-0.25, -0.2) is 0 Å². The average molecular weight is 297 g/mol. The first kappa shape index (κ1) is 17.5. The molecule has 0 aliphatic carbocycles. The highest BCUT2D eigenvalue weighted by Crippen LogP contribution is 2.27. The first-order chi connectivity index (χ1) is 9.01. The summed E-state index contributed by atoms with van der Waals surface area (Å²) in [6.45, 7) is 10.2. The Bertz CT molecular complexity index is 400. The fourth-order valence-electron chi connectivity index (χ4n) is 2.90. The van der Waals surface area contributed by atoms with Gasteiger partial charge in [0.05, 0.1) is 0 Å². The Morgan fingerprint density at radius 3 is 2.35 bits per heavy atom. The molecule has 1 aromatic rings. The zero-order valence-corrected chi connectivity index (χ0v) is 13.9. The van der Waals surface area contributed by atoms with E-state index >= 15 is 0 Å². The summed E-state index contributed by atoms with van der Waals surface area (Å²) in [5.41, 5.74) is 9.32. The molecule has 3 heteroatoms. The zero-order valence-electron chi connectivity index (χ0n) is 13.1. The number of piperidine rings is 1. The van der Waals surface area contributed by atoms with Crippen LogP contribution in [0.3, 0.4) is 0 Å². The molecule has 0 bridgehead atoms. The van der Waals surface area contributed by atoms with Crippen LogP contribution in [0.25, 0.3) is 0 Å². The van der Waals surface area contributed by atoms with Crippen LogP contribution in [0.2, 0.25) is 0 Å². The van der Waals surface area contributed by atoms with Crippen LogP contribution in [-0.4, -0.2) is 30.6 Å². The van der Waals surface area contributed by atoms with Crippen LogP contribution in [0, 0.1) is 5.41 Å². The van der Waals surface area contributed by atoms with Gasteiger partial charge >= 0.3 is 0 Å². The Labute approximate surface area is 130 Å². The van der Waals surface area contributed by atoms with E-state index in [0.29, 0.717) is 6.04 Å². The maximum absolute atomic E-state index is 6.19. The number of benzene rings is 1. The number of hydrogen-bond donors (Lipinski definition) is 1. The van der Waals surface area contributed by atoms with Crippen LogP contribution < -0.4 is 5.73 Å². The lowest BCUT2D eigenvalue weighted by molar-refractivity contribution is 0.0965. The molecule has 0 radical (unpaired) electrons. The fraction of sp³-hybridized carbons (Fsp3) is 0.647. The molecule has 114 valence electrons. The number of nitrogens with zero attached hydrogens (tertiary/aromatic N) is 1. The third-order valence-electron chi connectivity index (χ3n) is 4.54. The Balaban J connectivity index is 0.00000200. The van der Waals surface area contributed by atoms with Crippen molar-refractivity contribution in [2.45, 2.75) is 46.1 Å². The summed E-state index contributed by atoms with van der Waals surface area (Å²) in [5, 5.41) is 0. The van der Waals surface area contributed by atoms with Gasteiger partial charge in [0.15, 0.2) is 0 Å². The van der Waals surface area contributed by atoms with Crippen molar-refractivity contribution in [3.63, 3.8) is 0 Å². The predicted octanol–water partition coefficient (Wildman–Crippen LogP) is 3.27. The molecule has 0 spiro atoms. The largest absolute Gasteiger partial charge is 0.327 e. The van der Waals surface area contributed by atoms with E-state index in [1.165, 1.54) is 11.1 Å². The monoisotopic (exact) mass is 296 g/mol. The zero-order chi connectivity index (χ0) is 13.9. The molecule has 0 amide bonds. The number of rotatable bonds is 4. The second-order valence-corrected chi connectivity index (χ2v) is 6.58. The van der Waals surface area contributed by atoms with E-state index in [1.54, 1.807) is 0 Å². The van der Waals surface area contributed by atoms with E-state index in [9.17, 15) is 0 Å². The van der Waals surface area contributed by atoms with Crippen molar-refractivity contribution < 1.29 is 0 Å². The third-order valence-corrected chi connectivity index (χ3v) is 4.54. The molecule has 2 nitrogen and oxygen atoms in total. The molecule has 1 unspecified atom stereocenters. The lowest BCUT2D eigenvalue weighted by Crippen LogP contribution is -2.52. The molecular formula is C17H29ClN2. The fourth-order valence-corrected chi connectivity index (χ4v) is 2.90. The molecule has 1 fully saturated rings. The van der Waals surface area contributed by atoms with Gasteiger partial charge in [-0.05, 0) is 42.3 Å². The molecule has 20 heavy (non-hydrogen) atoms. The van der Waals surface area contributed by atoms with Crippen molar-refractivity contribution in [2.75, 3.05) is 19.6 Å². The number of hydrogen-bond acceptors (Lipinski definition) is 2. The Hall–Kier alpha value is -0.570. The molecule has 2 N–H and O–H groups in total. The van der Waals surface area contributed by atoms with E-state index in [4.69, 9.17) is 5.73 Å². The average Bonchev–Trinajstić information content (AvgIpc) is 2.40. The van der Waals surface area contributed by atoms with Crippen LogP contribution in [0.4, 0.5) is 0 Å². The molecular weight excluding hydrogens is 268 g/mol. The van der Waals surface area contributed by atoms with Gasteiger partial charge in [-0.1, -0.05) is 45.0 Å². The summed E-state index contributed by atoms with van der Waals surface area (Å²) >= 11 is 0. The number of aryl methyl sites for hydroxylation is 1. The Morgan fingerprint density at radius 1 is 1.20 bits per heavy atom. The van der Waals surface area contributed by atoms with E-state index in [1.807, 2.05) is 0 Å². The SMILES string of the molecule is CCc1ccc(CCN2CCC(N)C(C)(C)C2)cc1.Cl. The second-order valence-electron chi connectivity index (χ2n) is 6.58. The smallest absolute Gasteiger partial charge is 0.0115 e. The van der Waals surface area contributed by atoms with Gasteiger partial charge in [-0.15, -0.1) is 12.4 Å². The summed E-state index contributed by atoms with van der Waals surface area (Å²) < 4.78 is 0. The third kappa shape index (κ3) is 4.47. The van der Waals surface area contributed by atoms with E-state index < -0.39 is 0 Å². The standard InChI is InChI=1S/C17H28N2.ClH/c1-4-14-5-7-15(8-6-14)9-11-19-12-10-16(18)17(2,3)13-19;/h5-8,16H,4,9-13,18H2,1-3H3;1H. The summed E-state index contributed by atoms with van der Waals surface area (Å²) in [4.78, 5) is 2.57. The second kappa shape index (κ2) is 7.44. The van der Waals surface area contributed by atoms with Crippen LogP contribution in [0.15, 0.2) is 24.3 Å². The molecule has 1 aromatic carbocycles. The van der Waals surface area contributed by atoms with Gasteiger partial charge in [0.2, 0.25) is 0 Å². The van der Waals surface area contributed by atoms with Crippen LogP contribution in [0.1, 0.15) is 38.3 Å². The van der Waals surface area contributed by atoms with Gasteiger partial charge in [0, 0.05) is 19.1 Å². The van der Waals surface area contributed by atoms with Gasteiger partial charge in [0.1, 0.15) is 0 Å². The number of halogens is 1. The van der Waals surface area contributed by atoms with Gasteiger partial charge in [0.25, 0.3) is 0 Å². The van der Waals surface area contributed by atoms with Crippen LogP contribution >= 0.6 is 12.4 Å². The highest BCUT2D eigenvalue weighted by atomic mass is 35.5. The topological polar surface area (TPSA) is 29.3 Å². The molecule has 1 saturated heterocycles. The molecule has 0 aromatic heterocycles. The number of likely N-dealkylation sites (tertiary alicyclic amines) is 1. The van der Waals surface area contributed by atoms with Gasteiger partial charge in [-0.2, -0.15) is 0 Å². The normalized spacial score (nSPS) is 22.3. The minimum absolute atomic E-state index is 0. The van der Waals surface area contributed by atoms with Crippen LogP contribution in [0.5, 0.6) is 0 Å². The van der Waals surface area contributed by atoms with Crippen molar-refractivity contribution in [3.8, 4) is 0 Å². The van der Waals surface area contributed by atoms with Crippen molar-refractivity contribution in [1.29, 1.82) is 0 Å². The number of nitrogens with two attached hydrogens (primary N) is 1. The first-order valence-electron chi connectivity index (χ1n) is 7.57. The highest BCUT2D eigenvalue weighted by molar-refractivity contribution is 5.85. The van der Waals surface area contributed by atoms with E-state index in [2.05, 4.69) is 49.9 Å². The lowest BCUT2D eigenvalue weighted by atomic mass is 9.79. The van der Waals surface area contributed by atoms with Crippen LogP contribution in [-0.2, 0) is 12.8 Å². The first-order valence-corrected chi connectivity index (χ1v) is 7.57. The maximum Gasteiger partial charge on any atom is 0.0115 e. The molecule has 1 atom stereocenters. The summed E-state index contributed by atoms with van der Waals surface area (Å²) in [6.07, 6.45) is 3.40. The molecule has 1 heterocycles. The minimum atomic E-state index is 0. The minimum Gasteiger partial charge on any atom is -0.327 e. The molecule has 1 aliphatic heterocycles. The van der Waals surface area contributed by atoms with E-state index in [0.717, 1.165) is 38.9 Å². The molecule has 0 saturated carbocycles. The summed E-state index contributed by atoms with van der Waals surface area (Å²) in [7, 11) is 0. The Morgan fingerprint density at radius 2 is 1.80 bits per heavy atom. The van der Waals surface area contributed by atoms with Crippen molar-refractivity contribution in [1.82, 2.24) is 4.90 Å². The van der Waals surface area contributed by atoms with Crippen molar-refractivity contribution in [2.24, 2.45) is 11.1 Å². The van der Waals surface area contributed by atoms with Crippen molar-refractivity contribution >= 4 is 12.4 Å². The Kier molecular flexibility index (Phi) is 6.50. The molecule has 2 rings (SSSR count). The maximum atomic E-state index is 6.19. The summed E-state index contributed by atoms with van der Waals surface area (Å²) in [6, 6.07) is 9.42. The highest BCUT2D eigenvalue weighted by Gasteiger charge is 2.32. The van der Waals surface area contributed by atoms with Gasteiger partial charge < -0.3 is 10.6 Å². The van der Waals surface area contributed by atoms with Crippen molar-refractivity contribution in [3.05, 3.63) is 35.4 Å². The van der Waals surface area contributed by atoms with E-state index in [-0.39, 0.29) is 17.8 Å². The summed E-state index contributed by atoms with van der Waals surface area (Å²) in [5.74, 6) is 0. The predicted molar refractivity (Wildman–Crippen MR) is 89.6 cm³/mol. The quantitative estimate of drug-likeness (QED) is 0.924.